The van der Waals surface area contributed by atoms with E-state index in [9.17, 15) is 18.0 Å². The first-order chi connectivity index (χ1) is 10.4. The number of sulfonamides is 1. The zero-order valence-electron chi connectivity index (χ0n) is 12.1. The summed E-state index contributed by atoms with van der Waals surface area (Å²) in [7, 11) is -3.83. The van der Waals surface area contributed by atoms with Crippen molar-refractivity contribution in [3.05, 3.63) is 29.8 Å². The second kappa shape index (κ2) is 5.36. The van der Waals surface area contributed by atoms with Crippen LogP contribution in [0.4, 0.5) is 0 Å². The molecular weight excluding hydrogens is 306 g/mol. The van der Waals surface area contributed by atoms with E-state index in [1.807, 2.05) is 6.92 Å². The Kier molecular flexibility index (Phi) is 3.65. The Hall–Kier alpha value is -1.93. The van der Waals surface area contributed by atoms with Crippen molar-refractivity contribution in [3.63, 3.8) is 0 Å². The summed E-state index contributed by atoms with van der Waals surface area (Å²) in [6, 6.07) is 5.97. The van der Waals surface area contributed by atoms with E-state index in [-0.39, 0.29) is 29.0 Å². The molecule has 2 N–H and O–H groups in total. The van der Waals surface area contributed by atoms with E-state index in [0.717, 1.165) is 17.9 Å². The number of amides is 2. The van der Waals surface area contributed by atoms with Gasteiger partial charge in [0.05, 0.1) is 10.5 Å². The minimum atomic E-state index is -3.83. The standard InChI is InChI=1S/C14H17N3O4S/c1-9(10-6-7-10)15-13(18)8-17-14(19)11-4-2-3-5-12(11)22(20,21)16-17/h2-5,9-10,16H,6-8H2,1H3,(H,15,18). The van der Waals surface area contributed by atoms with Gasteiger partial charge in [0.2, 0.25) is 5.91 Å². The number of nitrogens with one attached hydrogen (secondary N) is 2. The van der Waals surface area contributed by atoms with Crippen LogP contribution >= 0.6 is 0 Å². The maximum Gasteiger partial charge on any atom is 0.270 e. The average Bonchev–Trinajstić information content (AvgIpc) is 3.29. The number of hydrogen-bond acceptors (Lipinski definition) is 4. The summed E-state index contributed by atoms with van der Waals surface area (Å²) < 4.78 is 24.2. The molecule has 1 heterocycles. The summed E-state index contributed by atoms with van der Waals surface area (Å²) in [5.74, 6) is -0.423. The Balaban J connectivity index is 1.75. The molecule has 1 aromatic carbocycles. The number of nitrogens with zero attached hydrogens (tertiary/aromatic N) is 1. The summed E-state index contributed by atoms with van der Waals surface area (Å²) in [4.78, 5) is 26.3. The van der Waals surface area contributed by atoms with Crippen molar-refractivity contribution in [3.8, 4) is 0 Å². The highest BCUT2D eigenvalue weighted by Gasteiger charge is 2.35. The van der Waals surface area contributed by atoms with Crippen LogP contribution in [0, 0.1) is 5.92 Å². The predicted octanol–water partition coefficient (Wildman–Crippen LogP) is 0.250. The van der Waals surface area contributed by atoms with Crippen molar-refractivity contribution in [2.75, 3.05) is 6.54 Å². The van der Waals surface area contributed by atoms with E-state index in [1.54, 1.807) is 12.1 Å². The van der Waals surface area contributed by atoms with Gasteiger partial charge in [0.25, 0.3) is 15.9 Å². The van der Waals surface area contributed by atoms with Crippen molar-refractivity contribution >= 4 is 21.8 Å². The Morgan fingerprint density at radius 3 is 2.77 bits per heavy atom. The molecule has 1 fully saturated rings. The molecule has 118 valence electrons. The van der Waals surface area contributed by atoms with E-state index < -0.39 is 15.9 Å². The highest BCUT2D eigenvalue weighted by molar-refractivity contribution is 7.89. The van der Waals surface area contributed by atoms with Gasteiger partial charge in [-0.25, -0.2) is 8.42 Å². The number of rotatable bonds is 4. The van der Waals surface area contributed by atoms with Gasteiger partial charge in [-0.15, -0.1) is 4.83 Å². The molecule has 1 aliphatic heterocycles. The minimum Gasteiger partial charge on any atom is -0.352 e. The van der Waals surface area contributed by atoms with Gasteiger partial charge >= 0.3 is 0 Å². The van der Waals surface area contributed by atoms with Gasteiger partial charge in [0.1, 0.15) is 6.54 Å². The van der Waals surface area contributed by atoms with Crippen LogP contribution in [0.25, 0.3) is 0 Å². The maximum absolute atomic E-state index is 12.3. The molecule has 0 saturated heterocycles. The third-order valence-electron chi connectivity index (χ3n) is 3.90. The van der Waals surface area contributed by atoms with E-state index in [2.05, 4.69) is 10.1 Å². The molecule has 0 aromatic heterocycles. The Morgan fingerprint density at radius 2 is 2.09 bits per heavy atom. The molecule has 1 aromatic rings. The molecule has 1 atom stereocenters. The van der Waals surface area contributed by atoms with Gasteiger partial charge in [0, 0.05) is 6.04 Å². The van der Waals surface area contributed by atoms with E-state index >= 15 is 0 Å². The smallest absolute Gasteiger partial charge is 0.270 e. The SMILES string of the molecule is CC(NC(=O)CN1NS(=O)(=O)c2ccccc2C1=O)C1CC1. The first kappa shape index (κ1) is 15.0. The quantitative estimate of drug-likeness (QED) is 0.830. The average molecular weight is 323 g/mol. The van der Waals surface area contributed by atoms with Gasteiger partial charge in [-0.2, -0.15) is 0 Å². The fraction of sp³-hybridized carbons (Fsp3) is 0.429. The van der Waals surface area contributed by atoms with Crippen LogP contribution < -0.4 is 10.1 Å². The van der Waals surface area contributed by atoms with Gasteiger partial charge in [-0.3, -0.25) is 14.6 Å². The fourth-order valence-corrected chi connectivity index (χ4v) is 3.76. The molecule has 1 saturated carbocycles. The summed E-state index contributed by atoms with van der Waals surface area (Å²) in [6.45, 7) is 1.57. The van der Waals surface area contributed by atoms with Gasteiger partial charge in [0.15, 0.2) is 0 Å². The van der Waals surface area contributed by atoms with Crippen molar-refractivity contribution < 1.29 is 18.0 Å². The normalized spacial score (nSPS) is 21.1. The van der Waals surface area contributed by atoms with Crippen molar-refractivity contribution in [1.82, 2.24) is 15.2 Å². The summed E-state index contributed by atoms with van der Waals surface area (Å²) in [5, 5.41) is 3.63. The Labute approximate surface area is 128 Å². The van der Waals surface area contributed by atoms with Crippen LogP contribution in [0.3, 0.4) is 0 Å². The first-order valence-electron chi connectivity index (χ1n) is 7.11. The van der Waals surface area contributed by atoms with Crippen LogP contribution in [0.2, 0.25) is 0 Å². The molecule has 3 rings (SSSR count). The number of hydrazine groups is 1. The van der Waals surface area contributed by atoms with Gasteiger partial charge < -0.3 is 5.32 Å². The van der Waals surface area contributed by atoms with Crippen molar-refractivity contribution in [2.24, 2.45) is 5.92 Å². The lowest BCUT2D eigenvalue weighted by molar-refractivity contribution is -0.122. The molecular formula is C14H17N3O4S. The zero-order valence-corrected chi connectivity index (χ0v) is 12.9. The largest absolute Gasteiger partial charge is 0.352 e. The molecule has 0 bridgehead atoms. The molecule has 0 radical (unpaired) electrons. The number of hydrogen-bond donors (Lipinski definition) is 2. The second-order valence-electron chi connectivity index (χ2n) is 5.68. The van der Waals surface area contributed by atoms with Gasteiger partial charge in [-0.05, 0) is 37.8 Å². The molecule has 0 spiro atoms. The van der Waals surface area contributed by atoms with Crippen LogP contribution in [0.1, 0.15) is 30.1 Å². The summed E-state index contributed by atoms with van der Waals surface area (Å²) >= 11 is 0. The molecule has 2 amide bonds. The summed E-state index contributed by atoms with van der Waals surface area (Å²) in [6.07, 6.45) is 2.17. The topological polar surface area (TPSA) is 95.6 Å². The molecule has 8 heteroatoms. The molecule has 1 aliphatic carbocycles. The van der Waals surface area contributed by atoms with E-state index in [4.69, 9.17) is 0 Å². The number of carbonyl (C=O) groups is 2. The van der Waals surface area contributed by atoms with E-state index in [0.29, 0.717) is 5.92 Å². The number of benzene rings is 1. The van der Waals surface area contributed by atoms with E-state index in [1.165, 1.54) is 12.1 Å². The highest BCUT2D eigenvalue weighted by atomic mass is 32.2. The van der Waals surface area contributed by atoms with Crippen LogP contribution in [0.5, 0.6) is 0 Å². The molecule has 7 nitrogen and oxygen atoms in total. The zero-order chi connectivity index (χ0) is 15.9. The fourth-order valence-electron chi connectivity index (χ4n) is 2.52. The third-order valence-corrected chi connectivity index (χ3v) is 5.30. The molecule has 2 aliphatic rings. The maximum atomic E-state index is 12.3. The lowest BCUT2D eigenvalue weighted by Crippen LogP contribution is -2.54. The first-order valence-corrected chi connectivity index (χ1v) is 8.59. The van der Waals surface area contributed by atoms with Crippen LogP contribution in [-0.4, -0.2) is 37.8 Å². The lowest BCUT2D eigenvalue weighted by atomic mass is 10.2. The number of fused-ring (bicyclic) bond motifs is 1. The molecule has 1 unspecified atom stereocenters. The monoisotopic (exact) mass is 323 g/mol. The van der Waals surface area contributed by atoms with Crippen LogP contribution in [-0.2, 0) is 14.8 Å². The minimum absolute atomic E-state index is 0.0382. The van der Waals surface area contributed by atoms with Gasteiger partial charge in [-0.1, -0.05) is 12.1 Å². The van der Waals surface area contributed by atoms with Crippen molar-refractivity contribution in [2.45, 2.75) is 30.7 Å². The summed E-state index contributed by atoms with van der Waals surface area (Å²) in [5.41, 5.74) is 0.0734. The Bertz CT molecular complexity index is 727. The van der Waals surface area contributed by atoms with Crippen molar-refractivity contribution in [1.29, 1.82) is 0 Å². The second-order valence-corrected chi connectivity index (χ2v) is 7.31. The molecule has 22 heavy (non-hydrogen) atoms. The number of carbonyl (C=O) groups excluding carboxylic acids is 2. The van der Waals surface area contributed by atoms with Crippen LogP contribution in [0.15, 0.2) is 29.2 Å². The Morgan fingerprint density at radius 1 is 1.41 bits per heavy atom. The predicted molar refractivity (Wildman–Crippen MR) is 78.1 cm³/mol. The third kappa shape index (κ3) is 2.84. The lowest BCUT2D eigenvalue weighted by Gasteiger charge is -2.28. The highest BCUT2D eigenvalue weighted by Crippen LogP contribution is 2.32.